The quantitative estimate of drug-likeness (QED) is 0.386. The first-order valence-electron chi connectivity index (χ1n) is 12.5. The van der Waals surface area contributed by atoms with Gasteiger partial charge < -0.3 is 19.3 Å². The van der Waals surface area contributed by atoms with Crippen molar-refractivity contribution in [1.29, 1.82) is 0 Å². The molecule has 1 atom stereocenters. The summed E-state index contributed by atoms with van der Waals surface area (Å²) < 4.78 is 18.3. The number of pyridine rings is 1. The van der Waals surface area contributed by atoms with Crippen LogP contribution in [0.1, 0.15) is 63.5 Å². The minimum atomic E-state index is -0.197. The van der Waals surface area contributed by atoms with Gasteiger partial charge in [0.15, 0.2) is 12.6 Å². The summed E-state index contributed by atoms with van der Waals surface area (Å²) in [6, 6.07) is 9.76. The number of likely N-dealkylation sites (tertiary alicyclic amines) is 1. The van der Waals surface area contributed by atoms with E-state index in [1.165, 1.54) is 0 Å². The van der Waals surface area contributed by atoms with Gasteiger partial charge in [-0.3, -0.25) is 14.7 Å². The number of benzene rings is 2. The number of aryl methyl sites for hydroxylation is 1. The molecule has 6 rings (SSSR count). The largest absolute Gasteiger partial charge is 0.507 e. The lowest BCUT2D eigenvalue weighted by Crippen LogP contribution is -2.33. The Morgan fingerprint density at radius 3 is 2.97 bits per heavy atom. The van der Waals surface area contributed by atoms with Crippen molar-refractivity contribution in [2.45, 2.75) is 45.4 Å². The first kappa shape index (κ1) is 24.2. The summed E-state index contributed by atoms with van der Waals surface area (Å²) in [5, 5.41) is 11.0. The highest BCUT2D eigenvalue weighted by Gasteiger charge is 2.35. The second-order valence-corrected chi connectivity index (χ2v) is 10.6. The Hall–Kier alpha value is -3.20. The van der Waals surface area contributed by atoms with Crippen molar-refractivity contribution in [3.63, 3.8) is 0 Å². The van der Waals surface area contributed by atoms with Crippen LogP contribution in [0.4, 0.5) is 0 Å². The van der Waals surface area contributed by atoms with Crippen LogP contribution in [0.3, 0.4) is 0 Å². The number of piperidine rings is 1. The SMILES string of the molecule is Cc1cc(O)c(CN2CCCC[C@H]2c2cccnc2)c2c1C(=O)/C(=C/c1cc(Br)cc3c1OCOC3)O2. The molecule has 3 aliphatic rings. The molecule has 1 aromatic heterocycles. The number of rotatable bonds is 4. The second-order valence-electron chi connectivity index (χ2n) is 9.70. The van der Waals surface area contributed by atoms with E-state index < -0.39 is 0 Å². The van der Waals surface area contributed by atoms with Crippen LogP contribution in [0.5, 0.6) is 17.2 Å². The third-order valence-corrected chi connectivity index (χ3v) is 7.71. The molecule has 0 amide bonds. The maximum atomic E-state index is 13.5. The lowest BCUT2D eigenvalue weighted by Gasteiger charge is -2.36. The summed E-state index contributed by atoms with van der Waals surface area (Å²) in [6.45, 7) is 3.78. The number of halogens is 1. The lowest BCUT2D eigenvalue weighted by atomic mass is 9.94. The topological polar surface area (TPSA) is 81.1 Å². The van der Waals surface area contributed by atoms with Gasteiger partial charge in [0.25, 0.3) is 0 Å². The average molecular weight is 563 g/mol. The zero-order valence-corrected chi connectivity index (χ0v) is 22.1. The molecule has 8 heteroatoms. The van der Waals surface area contributed by atoms with Gasteiger partial charge in [0.05, 0.1) is 17.7 Å². The number of aromatic nitrogens is 1. The molecule has 0 spiro atoms. The standard InChI is InChI=1S/C29H27BrN2O5/c1-17-9-24(33)22(14-32-8-3-2-6-23(32)18-5-4-7-31-13-18)29-26(17)27(34)25(37-29)12-19-10-21(30)11-20-15-35-16-36-28(19)20/h4-5,7,9-13,23,33H,2-3,6,8,14-16H2,1H3/b25-12-/t23-/m0/s1. The molecule has 0 aliphatic carbocycles. The Labute approximate surface area is 223 Å². The fourth-order valence-electron chi connectivity index (χ4n) is 5.52. The zero-order chi connectivity index (χ0) is 25.5. The highest BCUT2D eigenvalue weighted by atomic mass is 79.9. The number of phenolic OH excluding ortho intramolecular Hbond substituents is 1. The van der Waals surface area contributed by atoms with E-state index in [2.05, 4.69) is 31.9 Å². The molecule has 37 heavy (non-hydrogen) atoms. The van der Waals surface area contributed by atoms with E-state index in [0.29, 0.717) is 41.3 Å². The van der Waals surface area contributed by atoms with Crippen molar-refractivity contribution >= 4 is 27.8 Å². The van der Waals surface area contributed by atoms with Crippen LogP contribution < -0.4 is 9.47 Å². The Kier molecular flexibility index (Phi) is 6.48. The van der Waals surface area contributed by atoms with Gasteiger partial charge in [-0.25, -0.2) is 0 Å². The molecule has 0 bridgehead atoms. The summed E-state index contributed by atoms with van der Waals surface area (Å²) in [7, 11) is 0. The van der Waals surface area contributed by atoms with E-state index >= 15 is 0 Å². The Balaban J connectivity index is 1.37. The maximum Gasteiger partial charge on any atom is 0.232 e. The first-order valence-corrected chi connectivity index (χ1v) is 13.3. The molecule has 0 saturated carbocycles. The summed E-state index contributed by atoms with van der Waals surface area (Å²) >= 11 is 3.54. The van der Waals surface area contributed by atoms with Crippen molar-refractivity contribution in [2.75, 3.05) is 13.3 Å². The highest BCUT2D eigenvalue weighted by Crippen LogP contribution is 2.44. The number of hydrogen-bond acceptors (Lipinski definition) is 7. The van der Waals surface area contributed by atoms with Crippen LogP contribution in [0.25, 0.3) is 6.08 Å². The van der Waals surface area contributed by atoms with Gasteiger partial charge in [-0.1, -0.05) is 28.4 Å². The van der Waals surface area contributed by atoms with Crippen molar-refractivity contribution in [3.8, 4) is 17.2 Å². The summed E-state index contributed by atoms with van der Waals surface area (Å²) in [5.41, 5.74) is 4.62. The number of ketones is 1. The molecule has 0 radical (unpaired) electrons. The molecule has 1 fully saturated rings. The van der Waals surface area contributed by atoms with Gasteiger partial charge in [0.1, 0.15) is 17.2 Å². The van der Waals surface area contributed by atoms with Crippen LogP contribution in [0.2, 0.25) is 0 Å². The van der Waals surface area contributed by atoms with E-state index in [4.69, 9.17) is 14.2 Å². The normalized spacial score (nSPS) is 20.3. The van der Waals surface area contributed by atoms with Crippen molar-refractivity contribution in [2.24, 2.45) is 0 Å². The van der Waals surface area contributed by atoms with Gasteiger partial charge >= 0.3 is 0 Å². The van der Waals surface area contributed by atoms with Crippen LogP contribution in [0.15, 0.2) is 53.0 Å². The Bertz CT molecular complexity index is 1410. The van der Waals surface area contributed by atoms with E-state index in [9.17, 15) is 9.90 Å². The third kappa shape index (κ3) is 4.54. The van der Waals surface area contributed by atoms with E-state index in [1.807, 2.05) is 31.3 Å². The van der Waals surface area contributed by atoms with Crippen LogP contribution >= 0.6 is 15.9 Å². The molecule has 0 unspecified atom stereocenters. The molecule has 190 valence electrons. The number of fused-ring (bicyclic) bond motifs is 2. The average Bonchev–Trinajstić information content (AvgIpc) is 3.23. The smallest absolute Gasteiger partial charge is 0.232 e. The summed E-state index contributed by atoms with van der Waals surface area (Å²) in [5.74, 6) is 1.28. The number of ether oxygens (including phenoxy) is 3. The van der Waals surface area contributed by atoms with Gasteiger partial charge in [-0.15, -0.1) is 0 Å². The summed E-state index contributed by atoms with van der Waals surface area (Å²) in [4.78, 5) is 20.2. The fourth-order valence-corrected chi connectivity index (χ4v) is 6.05. The summed E-state index contributed by atoms with van der Waals surface area (Å²) in [6.07, 6.45) is 8.65. The van der Waals surface area contributed by atoms with Crippen LogP contribution in [0, 0.1) is 6.92 Å². The molecule has 3 aliphatic heterocycles. The number of phenols is 1. The maximum absolute atomic E-state index is 13.5. The number of nitrogens with zero attached hydrogens (tertiary/aromatic N) is 2. The fraction of sp³-hybridized carbons (Fsp3) is 0.310. The second kappa shape index (κ2) is 9.93. The van der Waals surface area contributed by atoms with Gasteiger partial charge in [0.2, 0.25) is 5.78 Å². The molecule has 3 aromatic rings. The van der Waals surface area contributed by atoms with Crippen LogP contribution in [-0.2, 0) is 17.9 Å². The molecule has 4 heterocycles. The number of carbonyl (C=O) groups is 1. The zero-order valence-electron chi connectivity index (χ0n) is 20.5. The van der Waals surface area contributed by atoms with Crippen molar-refractivity contribution < 1.29 is 24.1 Å². The molecule has 1 saturated heterocycles. The van der Waals surface area contributed by atoms with Gasteiger partial charge in [-0.05, 0) is 67.8 Å². The van der Waals surface area contributed by atoms with Crippen molar-refractivity contribution in [1.82, 2.24) is 9.88 Å². The van der Waals surface area contributed by atoms with E-state index in [1.54, 1.807) is 18.3 Å². The van der Waals surface area contributed by atoms with Gasteiger partial charge in [-0.2, -0.15) is 0 Å². The number of aromatic hydroxyl groups is 1. The van der Waals surface area contributed by atoms with Gasteiger partial charge in [0, 0.05) is 40.6 Å². The third-order valence-electron chi connectivity index (χ3n) is 7.25. The lowest BCUT2D eigenvalue weighted by molar-refractivity contribution is -0.0165. The molecular formula is C29H27BrN2O5. The predicted molar refractivity (Wildman–Crippen MR) is 141 cm³/mol. The highest BCUT2D eigenvalue weighted by molar-refractivity contribution is 9.10. The van der Waals surface area contributed by atoms with E-state index in [-0.39, 0.29) is 30.1 Å². The van der Waals surface area contributed by atoms with Crippen LogP contribution in [-0.4, -0.2) is 34.1 Å². The molecule has 2 aromatic carbocycles. The number of Topliss-reactive ketones (excluding diaryl/α,β-unsaturated/α-hetero) is 1. The Morgan fingerprint density at radius 2 is 2.14 bits per heavy atom. The first-order chi connectivity index (χ1) is 18.0. The minimum absolute atomic E-state index is 0.140. The van der Waals surface area contributed by atoms with Crippen molar-refractivity contribution in [3.05, 3.63) is 86.3 Å². The molecule has 7 nitrogen and oxygen atoms in total. The minimum Gasteiger partial charge on any atom is -0.507 e. The van der Waals surface area contributed by atoms with E-state index in [0.717, 1.165) is 47.0 Å². The Morgan fingerprint density at radius 1 is 1.24 bits per heavy atom. The molecular weight excluding hydrogens is 536 g/mol. The number of allylic oxidation sites excluding steroid dienone is 1. The number of carbonyl (C=O) groups excluding carboxylic acids is 1. The molecule has 1 N–H and O–H groups in total. The number of hydrogen-bond donors (Lipinski definition) is 1. The predicted octanol–water partition coefficient (Wildman–Crippen LogP) is 6.07. The monoisotopic (exact) mass is 562 g/mol.